The van der Waals surface area contributed by atoms with E-state index in [1.807, 2.05) is 17.8 Å². The third-order valence-corrected chi connectivity index (χ3v) is 4.57. The Balaban J connectivity index is 1.89. The van der Waals surface area contributed by atoms with Gasteiger partial charge in [-0.3, -0.25) is 0 Å². The number of hydrogen-bond donors (Lipinski definition) is 1. The van der Waals surface area contributed by atoms with Crippen LogP contribution in [0, 0.1) is 0 Å². The second kappa shape index (κ2) is 5.66. The number of hydrogen-bond acceptors (Lipinski definition) is 4. The summed E-state index contributed by atoms with van der Waals surface area (Å²) in [5.41, 5.74) is 6.82. The number of rotatable bonds is 5. The first-order chi connectivity index (χ1) is 7.75. The van der Waals surface area contributed by atoms with E-state index in [1.54, 1.807) is 11.3 Å². The molecule has 1 heterocycles. The highest BCUT2D eigenvalue weighted by molar-refractivity contribution is 8.01. The first-order valence-electron chi connectivity index (χ1n) is 5.49. The molecule has 0 bridgehead atoms. The van der Waals surface area contributed by atoms with Crippen molar-refractivity contribution in [2.24, 2.45) is 5.73 Å². The first-order valence-corrected chi connectivity index (χ1v) is 7.30. The lowest BCUT2D eigenvalue weighted by atomic mass is 10.2. The number of fused-ring (bicyclic) bond motifs is 1. The summed E-state index contributed by atoms with van der Waals surface area (Å²) in [6, 6.07) is 8.60. The van der Waals surface area contributed by atoms with Crippen molar-refractivity contribution in [3.05, 3.63) is 24.3 Å². The lowest BCUT2D eigenvalue weighted by Gasteiger charge is -2.02. The molecule has 0 aliphatic carbocycles. The van der Waals surface area contributed by atoms with Crippen LogP contribution in [0.2, 0.25) is 0 Å². The van der Waals surface area contributed by atoms with Gasteiger partial charge in [-0.05, 0) is 31.9 Å². The van der Waals surface area contributed by atoms with E-state index in [4.69, 9.17) is 5.73 Å². The summed E-state index contributed by atoms with van der Waals surface area (Å²) < 4.78 is 2.45. The molecule has 0 aliphatic rings. The highest BCUT2D eigenvalue weighted by atomic mass is 32.2. The highest BCUT2D eigenvalue weighted by Gasteiger charge is 2.03. The van der Waals surface area contributed by atoms with Gasteiger partial charge in [0.05, 0.1) is 10.2 Å². The second-order valence-corrected chi connectivity index (χ2v) is 6.29. The van der Waals surface area contributed by atoms with Crippen LogP contribution < -0.4 is 5.73 Å². The molecule has 0 saturated heterocycles. The van der Waals surface area contributed by atoms with Crippen LogP contribution in [0.4, 0.5) is 0 Å². The average molecular weight is 252 g/mol. The molecule has 1 unspecified atom stereocenters. The molecule has 0 spiro atoms. The van der Waals surface area contributed by atoms with Gasteiger partial charge in [0.25, 0.3) is 0 Å². The zero-order chi connectivity index (χ0) is 11.4. The van der Waals surface area contributed by atoms with E-state index < -0.39 is 0 Å². The Kier molecular flexibility index (Phi) is 4.21. The molecule has 0 amide bonds. The molecule has 4 heteroatoms. The molecule has 16 heavy (non-hydrogen) atoms. The van der Waals surface area contributed by atoms with Gasteiger partial charge >= 0.3 is 0 Å². The Labute approximate surface area is 104 Å². The van der Waals surface area contributed by atoms with Gasteiger partial charge in [0, 0.05) is 11.8 Å². The number of benzene rings is 1. The van der Waals surface area contributed by atoms with E-state index in [2.05, 4.69) is 30.1 Å². The van der Waals surface area contributed by atoms with Crippen LogP contribution in [-0.2, 0) is 0 Å². The molecule has 86 valence electrons. The predicted octanol–water partition coefficient (Wildman–Crippen LogP) is 3.52. The normalized spacial score (nSPS) is 13.1. The van der Waals surface area contributed by atoms with Gasteiger partial charge in [0.1, 0.15) is 0 Å². The summed E-state index contributed by atoms with van der Waals surface area (Å²) in [5, 5.41) is 0. The number of thiazole rings is 1. The molecular formula is C12H16N2S2. The van der Waals surface area contributed by atoms with Crippen molar-refractivity contribution in [1.29, 1.82) is 0 Å². The lowest BCUT2D eigenvalue weighted by molar-refractivity contribution is 0.656. The quantitative estimate of drug-likeness (QED) is 0.653. The Morgan fingerprint density at radius 1 is 1.44 bits per heavy atom. The fourth-order valence-electron chi connectivity index (χ4n) is 1.48. The highest BCUT2D eigenvalue weighted by Crippen LogP contribution is 2.29. The summed E-state index contributed by atoms with van der Waals surface area (Å²) in [7, 11) is 0. The fraction of sp³-hybridized carbons (Fsp3) is 0.417. The zero-order valence-electron chi connectivity index (χ0n) is 9.35. The number of nitrogens with two attached hydrogens (primary N) is 1. The average Bonchev–Trinajstić information content (AvgIpc) is 2.66. The molecule has 2 nitrogen and oxygen atoms in total. The maximum absolute atomic E-state index is 5.71. The van der Waals surface area contributed by atoms with Crippen molar-refractivity contribution in [3.63, 3.8) is 0 Å². The molecule has 0 fully saturated rings. The smallest absolute Gasteiger partial charge is 0.151 e. The number of para-hydroxylation sites is 1. The maximum Gasteiger partial charge on any atom is 0.151 e. The fourth-order valence-corrected chi connectivity index (χ4v) is 3.58. The van der Waals surface area contributed by atoms with Crippen molar-refractivity contribution in [2.45, 2.75) is 30.1 Å². The molecule has 0 radical (unpaired) electrons. The van der Waals surface area contributed by atoms with Crippen LogP contribution in [0.5, 0.6) is 0 Å². The zero-order valence-corrected chi connectivity index (χ0v) is 11.0. The topological polar surface area (TPSA) is 38.9 Å². The van der Waals surface area contributed by atoms with Crippen LogP contribution in [0.25, 0.3) is 10.2 Å². The van der Waals surface area contributed by atoms with Gasteiger partial charge in [-0.15, -0.1) is 11.3 Å². The van der Waals surface area contributed by atoms with Crippen LogP contribution in [0.15, 0.2) is 28.6 Å². The van der Waals surface area contributed by atoms with Crippen LogP contribution >= 0.6 is 23.1 Å². The van der Waals surface area contributed by atoms with Crippen molar-refractivity contribution >= 4 is 33.3 Å². The van der Waals surface area contributed by atoms with Crippen molar-refractivity contribution < 1.29 is 0 Å². The van der Waals surface area contributed by atoms with Gasteiger partial charge in [-0.2, -0.15) is 0 Å². The van der Waals surface area contributed by atoms with Gasteiger partial charge in [0.2, 0.25) is 0 Å². The minimum absolute atomic E-state index is 0.316. The second-order valence-electron chi connectivity index (χ2n) is 3.92. The summed E-state index contributed by atoms with van der Waals surface area (Å²) in [6.45, 7) is 2.06. The summed E-state index contributed by atoms with van der Waals surface area (Å²) in [5.74, 6) is 1.11. The molecule has 2 rings (SSSR count). The van der Waals surface area contributed by atoms with Crippen LogP contribution in [0.3, 0.4) is 0 Å². The van der Waals surface area contributed by atoms with Gasteiger partial charge in [-0.1, -0.05) is 23.9 Å². The Hall–Kier alpha value is -0.580. The minimum Gasteiger partial charge on any atom is -0.328 e. The van der Waals surface area contributed by atoms with Crippen LogP contribution in [-0.4, -0.2) is 16.8 Å². The van der Waals surface area contributed by atoms with E-state index in [0.717, 1.165) is 24.1 Å². The molecule has 2 aromatic rings. The van der Waals surface area contributed by atoms with E-state index in [0.29, 0.717) is 6.04 Å². The SMILES string of the molecule is CC(N)CCCSc1nc2ccccc2s1. The largest absolute Gasteiger partial charge is 0.328 e. The summed E-state index contributed by atoms with van der Waals surface area (Å²) >= 11 is 3.62. The standard InChI is InChI=1S/C12H16N2S2/c1-9(13)5-4-8-15-12-14-10-6-2-3-7-11(10)16-12/h2-3,6-7,9H,4-5,8,13H2,1H3. The Morgan fingerprint density at radius 3 is 3.00 bits per heavy atom. The van der Waals surface area contributed by atoms with Gasteiger partial charge in [0.15, 0.2) is 4.34 Å². The molecular weight excluding hydrogens is 236 g/mol. The monoisotopic (exact) mass is 252 g/mol. The number of thioether (sulfide) groups is 1. The first kappa shape index (κ1) is 11.9. The number of aromatic nitrogens is 1. The van der Waals surface area contributed by atoms with Crippen molar-refractivity contribution in [1.82, 2.24) is 4.98 Å². The van der Waals surface area contributed by atoms with Crippen molar-refractivity contribution in [3.8, 4) is 0 Å². The Morgan fingerprint density at radius 2 is 2.25 bits per heavy atom. The molecule has 0 aliphatic heterocycles. The van der Waals surface area contributed by atoms with Crippen molar-refractivity contribution in [2.75, 3.05) is 5.75 Å². The molecule has 2 N–H and O–H groups in total. The third-order valence-electron chi connectivity index (χ3n) is 2.30. The summed E-state index contributed by atoms with van der Waals surface area (Å²) in [4.78, 5) is 4.58. The molecule has 1 aromatic heterocycles. The van der Waals surface area contributed by atoms with E-state index in [1.165, 1.54) is 9.04 Å². The Bertz CT molecular complexity index is 418. The predicted molar refractivity (Wildman–Crippen MR) is 73.2 cm³/mol. The van der Waals surface area contributed by atoms with Gasteiger partial charge < -0.3 is 5.73 Å². The van der Waals surface area contributed by atoms with E-state index >= 15 is 0 Å². The summed E-state index contributed by atoms with van der Waals surface area (Å²) in [6.07, 6.45) is 2.26. The van der Waals surface area contributed by atoms with Crippen LogP contribution in [0.1, 0.15) is 19.8 Å². The minimum atomic E-state index is 0.316. The van der Waals surface area contributed by atoms with E-state index in [-0.39, 0.29) is 0 Å². The molecule has 0 saturated carbocycles. The van der Waals surface area contributed by atoms with E-state index in [9.17, 15) is 0 Å². The number of nitrogens with zero attached hydrogens (tertiary/aromatic N) is 1. The maximum atomic E-state index is 5.71. The molecule has 1 aromatic carbocycles. The third kappa shape index (κ3) is 3.20. The van der Waals surface area contributed by atoms with Gasteiger partial charge in [-0.25, -0.2) is 4.98 Å². The molecule has 1 atom stereocenters. The lowest BCUT2D eigenvalue weighted by Crippen LogP contribution is -2.14.